The Morgan fingerprint density at radius 3 is 2.33 bits per heavy atom. The van der Waals surface area contributed by atoms with E-state index in [0.29, 0.717) is 11.1 Å². The van der Waals surface area contributed by atoms with Crippen LogP contribution in [0.5, 0.6) is 5.88 Å². The fraction of sp³-hybridized carbons (Fsp3) is 0.267. The van der Waals surface area contributed by atoms with Crippen molar-refractivity contribution in [3.05, 3.63) is 29.8 Å². The average molecular weight is 334 g/mol. The number of carbonyl (C=O) groups excluding carboxylic acids is 1. The molecular formula is C15H18N4O5. The van der Waals surface area contributed by atoms with E-state index < -0.39 is 18.4 Å². The number of aromatic nitrogens is 2. The van der Waals surface area contributed by atoms with Crippen molar-refractivity contribution in [2.75, 3.05) is 18.6 Å². The summed E-state index contributed by atoms with van der Waals surface area (Å²) in [5, 5.41) is 19.1. The van der Waals surface area contributed by atoms with Gasteiger partial charge in [-0.2, -0.15) is 9.97 Å². The quantitative estimate of drug-likeness (QED) is 0.442. The van der Waals surface area contributed by atoms with Crippen LogP contribution in [0.15, 0.2) is 24.3 Å². The van der Waals surface area contributed by atoms with Crippen LogP contribution >= 0.6 is 0 Å². The Hall–Kier alpha value is -2.91. The van der Waals surface area contributed by atoms with Crippen molar-refractivity contribution in [1.29, 1.82) is 0 Å². The molecule has 0 aliphatic rings. The van der Waals surface area contributed by atoms with E-state index in [-0.39, 0.29) is 23.2 Å². The maximum atomic E-state index is 11.5. The molecule has 0 fully saturated rings. The third-order valence-corrected chi connectivity index (χ3v) is 3.16. The van der Waals surface area contributed by atoms with Gasteiger partial charge in [0.15, 0.2) is 0 Å². The van der Waals surface area contributed by atoms with E-state index in [1.807, 2.05) is 0 Å². The molecule has 128 valence electrons. The van der Waals surface area contributed by atoms with Gasteiger partial charge in [0.25, 0.3) is 0 Å². The molecule has 2 aromatic rings. The maximum absolute atomic E-state index is 11.5. The number of esters is 1. The number of hydrogen-bond acceptors (Lipinski definition) is 9. The molecule has 0 aliphatic heterocycles. The summed E-state index contributed by atoms with van der Waals surface area (Å²) in [6, 6.07) is 6.26. The van der Waals surface area contributed by atoms with Gasteiger partial charge in [-0.1, -0.05) is 12.1 Å². The minimum atomic E-state index is -1.52. The second-order valence-corrected chi connectivity index (χ2v) is 4.97. The van der Waals surface area contributed by atoms with E-state index in [0.717, 1.165) is 0 Å². The molecule has 9 nitrogen and oxygen atoms in total. The molecule has 0 aliphatic carbocycles. The summed E-state index contributed by atoms with van der Waals surface area (Å²) in [6.07, 6.45) is -2.68. The van der Waals surface area contributed by atoms with Gasteiger partial charge in [-0.15, -0.1) is 0 Å². The number of rotatable bonds is 5. The van der Waals surface area contributed by atoms with Crippen molar-refractivity contribution in [3.8, 4) is 17.0 Å². The van der Waals surface area contributed by atoms with Gasteiger partial charge in [-0.3, -0.25) is 0 Å². The first kappa shape index (κ1) is 17.4. The predicted octanol–water partition coefficient (Wildman–Crippen LogP) is 0.173. The van der Waals surface area contributed by atoms with Crippen LogP contribution in [0.25, 0.3) is 11.1 Å². The molecule has 0 amide bonds. The monoisotopic (exact) mass is 334 g/mol. The molecule has 0 radical (unpaired) electrons. The fourth-order valence-corrected chi connectivity index (χ4v) is 1.93. The average Bonchev–Trinajstić information content (AvgIpc) is 2.53. The lowest BCUT2D eigenvalue weighted by Gasteiger charge is -2.18. The number of hydrogen-bond donors (Lipinski definition) is 4. The van der Waals surface area contributed by atoms with E-state index in [1.165, 1.54) is 26.2 Å². The third kappa shape index (κ3) is 3.70. The van der Waals surface area contributed by atoms with Crippen molar-refractivity contribution in [1.82, 2.24) is 9.97 Å². The Labute approximate surface area is 137 Å². The van der Waals surface area contributed by atoms with Gasteiger partial charge in [0.1, 0.15) is 11.9 Å². The Morgan fingerprint density at radius 1 is 1.17 bits per heavy atom. The van der Waals surface area contributed by atoms with Gasteiger partial charge in [0, 0.05) is 0 Å². The van der Waals surface area contributed by atoms with Crippen LogP contribution in [-0.2, 0) is 4.74 Å². The lowest BCUT2D eigenvalue weighted by Crippen LogP contribution is -2.29. The Bertz CT molecular complexity index is 733. The van der Waals surface area contributed by atoms with E-state index in [2.05, 4.69) is 14.7 Å². The number of nitrogen functional groups attached to an aromatic ring is 2. The summed E-state index contributed by atoms with van der Waals surface area (Å²) < 4.78 is 9.86. The molecule has 0 saturated heterocycles. The highest BCUT2D eigenvalue weighted by atomic mass is 16.6. The highest BCUT2D eigenvalue weighted by molar-refractivity contribution is 5.90. The number of nitrogens with two attached hydrogens (primary N) is 2. The van der Waals surface area contributed by atoms with Crippen molar-refractivity contribution >= 4 is 17.7 Å². The number of nitrogens with zero attached hydrogens (tertiary/aromatic N) is 2. The lowest BCUT2D eigenvalue weighted by molar-refractivity contribution is -0.0976. The van der Waals surface area contributed by atoms with Gasteiger partial charge < -0.3 is 31.2 Å². The SMILES string of the molecule is COC(=O)c1ccc(-c2c(N)nc(N)nc2O[C@@H](O)C(C)O)cc1. The zero-order valence-corrected chi connectivity index (χ0v) is 13.1. The smallest absolute Gasteiger partial charge is 0.337 e. The van der Waals surface area contributed by atoms with E-state index >= 15 is 0 Å². The fourth-order valence-electron chi connectivity index (χ4n) is 1.93. The molecule has 1 heterocycles. The van der Waals surface area contributed by atoms with Crippen LogP contribution in [0.1, 0.15) is 17.3 Å². The predicted molar refractivity (Wildman–Crippen MR) is 85.9 cm³/mol. The van der Waals surface area contributed by atoms with Crippen molar-refractivity contribution in [3.63, 3.8) is 0 Å². The van der Waals surface area contributed by atoms with Crippen molar-refractivity contribution in [2.24, 2.45) is 0 Å². The first-order valence-electron chi connectivity index (χ1n) is 6.98. The molecule has 1 unspecified atom stereocenters. The first-order valence-corrected chi connectivity index (χ1v) is 6.98. The molecule has 1 aromatic heterocycles. The van der Waals surface area contributed by atoms with Crippen LogP contribution < -0.4 is 16.2 Å². The molecule has 6 N–H and O–H groups in total. The molecule has 2 rings (SSSR count). The minimum absolute atomic E-state index is 0.0288. The number of methoxy groups -OCH3 is 1. The third-order valence-electron chi connectivity index (χ3n) is 3.16. The molecule has 9 heteroatoms. The number of ether oxygens (including phenoxy) is 2. The van der Waals surface area contributed by atoms with E-state index in [4.69, 9.17) is 16.2 Å². The van der Waals surface area contributed by atoms with E-state index in [9.17, 15) is 15.0 Å². The summed E-state index contributed by atoms with van der Waals surface area (Å²) in [7, 11) is 1.28. The number of aliphatic hydroxyl groups excluding tert-OH is 2. The first-order chi connectivity index (χ1) is 11.3. The van der Waals surface area contributed by atoms with Crippen molar-refractivity contribution < 1.29 is 24.5 Å². The Balaban J connectivity index is 2.46. The highest BCUT2D eigenvalue weighted by Crippen LogP contribution is 2.34. The molecule has 24 heavy (non-hydrogen) atoms. The topological polar surface area (TPSA) is 154 Å². The largest absolute Gasteiger partial charge is 0.465 e. The van der Waals surface area contributed by atoms with Gasteiger partial charge in [-0.25, -0.2) is 4.79 Å². The van der Waals surface area contributed by atoms with Crippen LogP contribution in [0.3, 0.4) is 0 Å². The lowest BCUT2D eigenvalue weighted by atomic mass is 10.1. The standard InChI is InChI=1S/C15H18N4O5/c1-7(20)13(21)24-12-10(11(16)18-15(17)19-12)8-3-5-9(6-4-8)14(22)23-2/h3-7,13,20-21H,1-2H3,(H4,16,17,18,19)/t7?,13-/m1/s1. The van der Waals surface area contributed by atoms with Crippen LogP contribution in [-0.4, -0.2) is 45.7 Å². The summed E-state index contributed by atoms with van der Waals surface area (Å²) >= 11 is 0. The highest BCUT2D eigenvalue weighted by Gasteiger charge is 2.20. The summed E-state index contributed by atoms with van der Waals surface area (Å²) in [5.74, 6) is -0.681. The van der Waals surface area contributed by atoms with Crippen LogP contribution in [0.2, 0.25) is 0 Å². The van der Waals surface area contributed by atoms with E-state index in [1.54, 1.807) is 12.1 Å². The van der Waals surface area contributed by atoms with Gasteiger partial charge in [0.2, 0.25) is 18.1 Å². The van der Waals surface area contributed by atoms with Gasteiger partial charge >= 0.3 is 5.97 Å². The maximum Gasteiger partial charge on any atom is 0.337 e. The summed E-state index contributed by atoms with van der Waals surface area (Å²) in [4.78, 5) is 19.3. The molecule has 1 aromatic carbocycles. The normalized spacial score (nSPS) is 13.2. The number of carbonyl (C=O) groups is 1. The van der Waals surface area contributed by atoms with Gasteiger partial charge in [0.05, 0.1) is 18.2 Å². The number of anilines is 2. The molecule has 0 spiro atoms. The summed E-state index contributed by atoms with van der Waals surface area (Å²) in [5.41, 5.74) is 12.6. The second kappa shape index (κ2) is 7.11. The number of aliphatic hydroxyl groups is 2. The molecule has 0 bridgehead atoms. The second-order valence-electron chi connectivity index (χ2n) is 4.97. The van der Waals surface area contributed by atoms with Crippen LogP contribution in [0.4, 0.5) is 11.8 Å². The molecule has 2 atom stereocenters. The zero-order valence-electron chi connectivity index (χ0n) is 13.1. The minimum Gasteiger partial charge on any atom is -0.465 e. The zero-order chi connectivity index (χ0) is 17.9. The molecular weight excluding hydrogens is 316 g/mol. The van der Waals surface area contributed by atoms with Crippen molar-refractivity contribution in [2.45, 2.75) is 19.3 Å². The molecule has 0 saturated carbocycles. The Kier molecular flexibility index (Phi) is 5.17. The summed E-state index contributed by atoms with van der Waals surface area (Å²) in [6.45, 7) is 1.35. The number of benzene rings is 1. The van der Waals surface area contributed by atoms with Crippen LogP contribution in [0, 0.1) is 0 Å². The Morgan fingerprint density at radius 2 is 1.79 bits per heavy atom. The van der Waals surface area contributed by atoms with Gasteiger partial charge in [-0.05, 0) is 24.6 Å².